The second kappa shape index (κ2) is 24.5. The van der Waals surface area contributed by atoms with Gasteiger partial charge in [-0.25, -0.2) is 0 Å². The van der Waals surface area contributed by atoms with Gasteiger partial charge in [-0.05, 0) is 27.7 Å². The SMILES string of the molecule is CCOC(C)=O.CCOCC.CCOCCO. The fraction of sp³-hybridized carbons (Fsp3) is 0.917. The van der Waals surface area contributed by atoms with Gasteiger partial charge < -0.3 is 19.3 Å². The van der Waals surface area contributed by atoms with Crippen molar-refractivity contribution in [1.82, 2.24) is 0 Å². The zero-order chi connectivity index (χ0) is 13.9. The smallest absolute Gasteiger partial charge is 0.302 e. The summed E-state index contributed by atoms with van der Waals surface area (Å²) in [7, 11) is 0. The van der Waals surface area contributed by atoms with Gasteiger partial charge in [0.05, 0.1) is 19.8 Å². The third-order valence-corrected chi connectivity index (χ3v) is 1.20. The maximum absolute atomic E-state index is 9.82. The summed E-state index contributed by atoms with van der Waals surface area (Å²) in [6, 6.07) is 0. The molecule has 0 heterocycles. The average molecular weight is 252 g/mol. The highest BCUT2D eigenvalue weighted by molar-refractivity contribution is 5.65. The Morgan fingerprint density at radius 2 is 1.41 bits per heavy atom. The normalized spacial score (nSPS) is 8.35. The maximum atomic E-state index is 9.82. The zero-order valence-electron chi connectivity index (χ0n) is 11.8. The molecule has 0 fully saturated rings. The topological polar surface area (TPSA) is 65.0 Å². The lowest BCUT2D eigenvalue weighted by Gasteiger charge is -1.91. The molecule has 0 aromatic carbocycles. The summed E-state index contributed by atoms with van der Waals surface area (Å²) in [6.07, 6.45) is 0. The van der Waals surface area contributed by atoms with Crippen molar-refractivity contribution in [2.45, 2.75) is 34.6 Å². The van der Waals surface area contributed by atoms with E-state index < -0.39 is 0 Å². The summed E-state index contributed by atoms with van der Waals surface area (Å²) in [5, 5.41) is 8.07. The Morgan fingerprint density at radius 1 is 0.941 bits per heavy atom. The van der Waals surface area contributed by atoms with Gasteiger partial charge in [-0.3, -0.25) is 4.79 Å². The van der Waals surface area contributed by atoms with Gasteiger partial charge in [-0.1, -0.05) is 0 Å². The molecule has 0 aliphatic heterocycles. The standard InChI is InChI=1S/C4H8O2.C4H10O2.C4H10O/c1-3-6-4(2)5;1-2-6-4-3-5;1-3-5-4-2/h3H2,1-2H3;5H,2-4H2,1H3;3-4H2,1-2H3. The number of ether oxygens (including phenoxy) is 3. The first-order valence-corrected chi connectivity index (χ1v) is 6.00. The molecule has 0 aromatic rings. The van der Waals surface area contributed by atoms with Crippen LogP contribution in [0.4, 0.5) is 0 Å². The van der Waals surface area contributed by atoms with E-state index in [-0.39, 0.29) is 12.6 Å². The number of carbonyl (C=O) groups is 1. The second-order valence-corrected chi connectivity index (χ2v) is 2.63. The minimum absolute atomic E-state index is 0.133. The molecule has 0 aliphatic carbocycles. The van der Waals surface area contributed by atoms with Crippen LogP contribution in [0, 0.1) is 0 Å². The quantitative estimate of drug-likeness (QED) is 0.575. The Balaban J connectivity index is -0.000000174. The highest BCUT2D eigenvalue weighted by Crippen LogP contribution is 1.69. The summed E-state index contributed by atoms with van der Waals surface area (Å²) >= 11 is 0. The third kappa shape index (κ3) is 50.6. The summed E-state index contributed by atoms with van der Waals surface area (Å²) < 4.78 is 14.0. The molecule has 0 atom stereocenters. The predicted octanol–water partition coefficient (Wildman–Crippen LogP) is 1.63. The number of carbonyl (C=O) groups excluding carboxylic acids is 1. The molecule has 0 amide bonds. The first-order valence-electron chi connectivity index (χ1n) is 6.00. The minimum atomic E-state index is -0.211. The van der Waals surface area contributed by atoms with Crippen LogP contribution in [-0.2, 0) is 19.0 Å². The fourth-order valence-corrected chi connectivity index (χ4v) is 0.616. The largest absolute Gasteiger partial charge is 0.466 e. The van der Waals surface area contributed by atoms with E-state index in [0.717, 1.165) is 13.2 Å². The molecule has 0 bridgehead atoms. The molecule has 0 aromatic heterocycles. The molecule has 0 unspecified atom stereocenters. The molecule has 0 aliphatic rings. The molecule has 0 rings (SSSR count). The van der Waals surface area contributed by atoms with Crippen molar-refractivity contribution >= 4 is 5.97 Å². The van der Waals surface area contributed by atoms with Gasteiger partial charge in [-0.15, -0.1) is 0 Å². The van der Waals surface area contributed by atoms with E-state index in [1.807, 2.05) is 20.8 Å². The minimum Gasteiger partial charge on any atom is -0.466 e. The second-order valence-electron chi connectivity index (χ2n) is 2.63. The monoisotopic (exact) mass is 252 g/mol. The first kappa shape index (κ1) is 21.6. The Labute approximate surface area is 105 Å². The molecular formula is C12H28O5. The van der Waals surface area contributed by atoms with Crippen molar-refractivity contribution in [3.05, 3.63) is 0 Å². The Kier molecular flexibility index (Phi) is 31.2. The maximum Gasteiger partial charge on any atom is 0.302 e. The number of esters is 1. The number of hydrogen-bond donors (Lipinski definition) is 1. The van der Waals surface area contributed by atoms with Crippen LogP contribution < -0.4 is 0 Å². The van der Waals surface area contributed by atoms with Crippen LogP contribution in [0.3, 0.4) is 0 Å². The Morgan fingerprint density at radius 3 is 1.47 bits per heavy atom. The molecule has 0 saturated heterocycles. The lowest BCUT2D eigenvalue weighted by atomic mass is 10.8. The molecule has 0 radical (unpaired) electrons. The van der Waals surface area contributed by atoms with E-state index in [0.29, 0.717) is 19.8 Å². The van der Waals surface area contributed by atoms with Crippen LogP contribution in [0.2, 0.25) is 0 Å². The van der Waals surface area contributed by atoms with E-state index in [2.05, 4.69) is 4.74 Å². The molecule has 5 heteroatoms. The van der Waals surface area contributed by atoms with E-state index in [4.69, 9.17) is 14.6 Å². The van der Waals surface area contributed by atoms with Crippen molar-refractivity contribution in [3.63, 3.8) is 0 Å². The average Bonchev–Trinajstić information content (AvgIpc) is 2.29. The van der Waals surface area contributed by atoms with E-state index >= 15 is 0 Å². The van der Waals surface area contributed by atoms with Gasteiger partial charge in [0.25, 0.3) is 0 Å². The van der Waals surface area contributed by atoms with Crippen molar-refractivity contribution < 1.29 is 24.1 Å². The van der Waals surface area contributed by atoms with E-state index in [1.165, 1.54) is 6.92 Å². The first-order chi connectivity index (χ1) is 8.10. The van der Waals surface area contributed by atoms with Crippen molar-refractivity contribution in [1.29, 1.82) is 0 Å². The van der Waals surface area contributed by atoms with Crippen molar-refractivity contribution in [2.24, 2.45) is 0 Å². The lowest BCUT2D eigenvalue weighted by molar-refractivity contribution is -0.140. The van der Waals surface area contributed by atoms with Gasteiger partial charge in [0.2, 0.25) is 0 Å². The van der Waals surface area contributed by atoms with Gasteiger partial charge in [-0.2, -0.15) is 0 Å². The molecule has 1 N–H and O–H groups in total. The fourth-order valence-electron chi connectivity index (χ4n) is 0.616. The van der Waals surface area contributed by atoms with Gasteiger partial charge >= 0.3 is 5.97 Å². The highest BCUT2D eigenvalue weighted by Gasteiger charge is 1.81. The van der Waals surface area contributed by atoms with Crippen LogP contribution in [0.5, 0.6) is 0 Å². The Hall–Kier alpha value is -0.650. The number of aliphatic hydroxyl groups excluding tert-OH is 1. The van der Waals surface area contributed by atoms with Crippen LogP contribution in [0.15, 0.2) is 0 Å². The van der Waals surface area contributed by atoms with Crippen molar-refractivity contribution in [3.8, 4) is 0 Å². The lowest BCUT2D eigenvalue weighted by Crippen LogP contribution is -1.96. The highest BCUT2D eigenvalue weighted by atomic mass is 16.5. The van der Waals surface area contributed by atoms with Gasteiger partial charge in [0.1, 0.15) is 0 Å². The van der Waals surface area contributed by atoms with Crippen LogP contribution in [0.1, 0.15) is 34.6 Å². The Bertz CT molecular complexity index is 122. The van der Waals surface area contributed by atoms with Gasteiger partial charge in [0.15, 0.2) is 0 Å². The third-order valence-electron chi connectivity index (χ3n) is 1.20. The molecule has 17 heavy (non-hydrogen) atoms. The summed E-state index contributed by atoms with van der Waals surface area (Å²) in [5.41, 5.74) is 0. The summed E-state index contributed by atoms with van der Waals surface area (Å²) in [5.74, 6) is -0.211. The molecular weight excluding hydrogens is 224 g/mol. The van der Waals surface area contributed by atoms with E-state index in [1.54, 1.807) is 6.92 Å². The van der Waals surface area contributed by atoms with E-state index in [9.17, 15) is 4.79 Å². The summed E-state index contributed by atoms with van der Waals surface area (Å²) in [6.45, 7) is 12.5. The van der Waals surface area contributed by atoms with Crippen molar-refractivity contribution in [2.75, 3.05) is 39.6 Å². The van der Waals surface area contributed by atoms with Crippen LogP contribution in [0.25, 0.3) is 0 Å². The number of hydrogen-bond acceptors (Lipinski definition) is 5. The number of rotatable bonds is 6. The van der Waals surface area contributed by atoms with Gasteiger partial charge in [0, 0.05) is 26.7 Å². The van der Waals surface area contributed by atoms with Crippen LogP contribution >= 0.6 is 0 Å². The number of aliphatic hydroxyl groups is 1. The molecule has 5 nitrogen and oxygen atoms in total. The van der Waals surface area contributed by atoms with Crippen LogP contribution in [-0.4, -0.2) is 50.7 Å². The zero-order valence-corrected chi connectivity index (χ0v) is 11.8. The predicted molar refractivity (Wildman–Crippen MR) is 68.1 cm³/mol. The molecule has 0 saturated carbocycles. The molecule has 0 spiro atoms. The summed E-state index contributed by atoms with van der Waals surface area (Å²) in [4.78, 5) is 9.82. The molecule has 106 valence electrons.